The molecule has 0 aromatic heterocycles. The molecule has 1 aliphatic rings. The average molecular weight is 402 g/mol. The van der Waals surface area contributed by atoms with Gasteiger partial charge in [0.2, 0.25) is 0 Å². The lowest BCUT2D eigenvalue weighted by atomic mass is 10.1. The van der Waals surface area contributed by atoms with Crippen molar-refractivity contribution in [1.82, 2.24) is 4.90 Å². The number of carbonyl (C=O) groups is 2. The molecule has 28 heavy (non-hydrogen) atoms. The summed E-state index contributed by atoms with van der Waals surface area (Å²) >= 11 is 6.08. The number of hydrogen-bond donors (Lipinski definition) is 2. The van der Waals surface area contributed by atoms with E-state index in [9.17, 15) is 9.59 Å². The molecule has 0 aliphatic carbocycles. The third kappa shape index (κ3) is 5.03. The van der Waals surface area contributed by atoms with Crippen LogP contribution >= 0.6 is 11.6 Å². The smallest absolute Gasteiger partial charge is 0.279 e. The standard InChI is InChI=1S/C21H25ClN4O2/c1-24(2)17-9-7-16(8-10-17)21(28)26-13-11-25(12-14-26)15-20(27)23-19-6-4-3-5-18(19)22/h3-10H,11-15H2,1-2H3,(H,23,27)/p+1. The van der Waals surface area contributed by atoms with Crippen molar-refractivity contribution in [3.8, 4) is 0 Å². The van der Waals surface area contributed by atoms with Gasteiger partial charge in [0.05, 0.1) is 36.9 Å². The van der Waals surface area contributed by atoms with E-state index in [-0.39, 0.29) is 11.8 Å². The van der Waals surface area contributed by atoms with E-state index in [2.05, 4.69) is 5.32 Å². The summed E-state index contributed by atoms with van der Waals surface area (Å²) in [4.78, 5) is 30.0. The Morgan fingerprint density at radius 2 is 1.71 bits per heavy atom. The van der Waals surface area contributed by atoms with E-state index in [1.165, 1.54) is 0 Å². The Morgan fingerprint density at radius 1 is 1.07 bits per heavy atom. The largest absolute Gasteiger partial charge is 0.378 e. The Morgan fingerprint density at radius 3 is 2.32 bits per heavy atom. The first-order valence-corrected chi connectivity index (χ1v) is 9.76. The molecule has 1 fully saturated rings. The normalized spacial score (nSPS) is 14.6. The number of hydrogen-bond acceptors (Lipinski definition) is 3. The SMILES string of the molecule is CN(C)c1ccc(C(=O)N2CC[NH+](CC(=O)Nc3ccccc3Cl)CC2)cc1. The van der Waals surface area contributed by atoms with Crippen LogP contribution in [0.3, 0.4) is 0 Å². The molecule has 1 heterocycles. The molecule has 7 heteroatoms. The Labute approximate surface area is 170 Å². The minimum absolute atomic E-state index is 0.0462. The zero-order chi connectivity index (χ0) is 20.1. The van der Waals surface area contributed by atoms with Crippen LogP contribution in [0.15, 0.2) is 48.5 Å². The number of carbonyl (C=O) groups excluding carboxylic acids is 2. The number of nitrogens with zero attached hydrogens (tertiary/aromatic N) is 2. The molecular formula is C21H26ClN4O2+. The number of amides is 2. The van der Waals surface area contributed by atoms with Crippen LogP contribution in [-0.2, 0) is 4.79 Å². The molecule has 0 saturated carbocycles. The van der Waals surface area contributed by atoms with E-state index in [1.807, 2.05) is 60.3 Å². The Kier molecular flexibility index (Phi) is 6.54. The molecular weight excluding hydrogens is 376 g/mol. The number of benzene rings is 2. The lowest BCUT2D eigenvalue weighted by Crippen LogP contribution is -3.15. The third-order valence-corrected chi connectivity index (χ3v) is 5.28. The molecule has 2 aromatic rings. The summed E-state index contributed by atoms with van der Waals surface area (Å²) in [5.74, 6) is -0.0213. The van der Waals surface area contributed by atoms with Gasteiger partial charge in [-0.25, -0.2) is 0 Å². The zero-order valence-corrected chi connectivity index (χ0v) is 17.0. The van der Waals surface area contributed by atoms with Crippen molar-refractivity contribution in [2.75, 3.05) is 57.0 Å². The molecule has 0 spiro atoms. The first kappa shape index (κ1) is 20.2. The van der Waals surface area contributed by atoms with Crippen molar-refractivity contribution >= 4 is 34.8 Å². The highest BCUT2D eigenvalue weighted by Gasteiger charge is 2.26. The van der Waals surface area contributed by atoms with Crippen molar-refractivity contribution < 1.29 is 14.5 Å². The summed E-state index contributed by atoms with van der Waals surface area (Å²) in [6, 6.07) is 14.8. The quantitative estimate of drug-likeness (QED) is 0.796. The molecule has 2 N–H and O–H groups in total. The molecule has 1 aliphatic heterocycles. The topological polar surface area (TPSA) is 57.1 Å². The summed E-state index contributed by atoms with van der Waals surface area (Å²) in [5.41, 5.74) is 2.39. The first-order chi connectivity index (χ1) is 13.4. The highest BCUT2D eigenvalue weighted by molar-refractivity contribution is 6.33. The molecule has 2 amide bonds. The van der Waals surface area contributed by atoms with Gasteiger partial charge in [0, 0.05) is 25.3 Å². The van der Waals surface area contributed by atoms with Gasteiger partial charge in [-0.1, -0.05) is 23.7 Å². The maximum atomic E-state index is 12.7. The fourth-order valence-corrected chi connectivity index (χ4v) is 3.45. The van der Waals surface area contributed by atoms with Crippen LogP contribution in [-0.4, -0.2) is 63.5 Å². The highest BCUT2D eigenvalue weighted by atomic mass is 35.5. The van der Waals surface area contributed by atoms with Crippen molar-refractivity contribution in [3.05, 3.63) is 59.1 Å². The van der Waals surface area contributed by atoms with Gasteiger partial charge in [-0.2, -0.15) is 0 Å². The van der Waals surface area contributed by atoms with Crippen LogP contribution in [0.25, 0.3) is 0 Å². The second kappa shape index (κ2) is 9.08. The summed E-state index contributed by atoms with van der Waals surface area (Å²) in [6.45, 7) is 3.14. The molecule has 1 saturated heterocycles. The predicted octanol–water partition coefficient (Wildman–Crippen LogP) is 1.39. The van der Waals surface area contributed by atoms with Gasteiger partial charge < -0.3 is 20.0 Å². The van der Waals surface area contributed by atoms with Gasteiger partial charge in [0.1, 0.15) is 0 Å². The fourth-order valence-electron chi connectivity index (χ4n) is 3.27. The second-order valence-corrected chi connectivity index (χ2v) is 7.60. The maximum Gasteiger partial charge on any atom is 0.279 e. The first-order valence-electron chi connectivity index (χ1n) is 9.38. The van der Waals surface area contributed by atoms with Crippen LogP contribution < -0.4 is 15.1 Å². The molecule has 2 aromatic carbocycles. The third-order valence-electron chi connectivity index (χ3n) is 4.95. The van der Waals surface area contributed by atoms with Crippen LogP contribution in [0.4, 0.5) is 11.4 Å². The monoisotopic (exact) mass is 401 g/mol. The van der Waals surface area contributed by atoms with E-state index in [1.54, 1.807) is 12.1 Å². The van der Waals surface area contributed by atoms with Crippen LogP contribution in [0, 0.1) is 0 Å². The lowest BCUT2D eigenvalue weighted by Gasteiger charge is -2.32. The predicted molar refractivity (Wildman–Crippen MR) is 112 cm³/mol. The Hall–Kier alpha value is -2.57. The minimum atomic E-state index is -0.0675. The van der Waals surface area contributed by atoms with E-state index in [0.29, 0.717) is 35.9 Å². The Bertz CT molecular complexity index is 831. The Balaban J connectivity index is 1.49. The summed E-state index contributed by atoms with van der Waals surface area (Å²) in [6.07, 6.45) is 0. The van der Waals surface area contributed by atoms with Crippen molar-refractivity contribution in [3.63, 3.8) is 0 Å². The molecule has 0 radical (unpaired) electrons. The van der Waals surface area contributed by atoms with E-state index in [4.69, 9.17) is 11.6 Å². The van der Waals surface area contributed by atoms with Crippen LogP contribution in [0.5, 0.6) is 0 Å². The molecule has 6 nitrogen and oxygen atoms in total. The molecule has 0 atom stereocenters. The van der Waals surface area contributed by atoms with E-state index in [0.717, 1.165) is 23.7 Å². The summed E-state index contributed by atoms with van der Waals surface area (Å²) < 4.78 is 0. The van der Waals surface area contributed by atoms with Crippen molar-refractivity contribution in [2.45, 2.75) is 0 Å². The molecule has 0 bridgehead atoms. The zero-order valence-electron chi connectivity index (χ0n) is 16.2. The number of nitrogens with one attached hydrogen (secondary N) is 2. The lowest BCUT2D eigenvalue weighted by molar-refractivity contribution is -0.895. The molecule has 0 unspecified atom stereocenters. The van der Waals surface area contributed by atoms with Crippen LogP contribution in [0.2, 0.25) is 5.02 Å². The number of rotatable bonds is 5. The fraction of sp³-hybridized carbons (Fsp3) is 0.333. The number of piperazine rings is 1. The number of para-hydroxylation sites is 1. The van der Waals surface area contributed by atoms with E-state index >= 15 is 0 Å². The molecule has 3 rings (SSSR count). The minimum Gasteiger partial charge on any atom is -0.378 e. The van der Waals surface area contributed by atoms with Crippen molar-refractivity contribution in [2.24, 2.45) is 0 Å². The summed E-state index contributed by atoms with van der Waals surface area (Å²) in [7, 11) is 3.95. The van der Waals surface area contributed by atoms with Crippen molar-refractivity contribution in [1.29, 1.82) is 0 Å². The average Bonchev–Trinajstić information content (AvgIpc) is 2.70. The molecule has 148 valence electrons. The van der Waals surface area contributed by atoms with Gasteiger partial charge in [-0.15, -0.1) is 0 Å². The van der Waals surface area contributed by atoms with Gasteiger partial charge in [0.15, 0.2) is 6.54 Å². The number of quaternary nitrogens is 1. The second-order valence-electron chi connectivity index (χ2n) is 7.19. The van der Waals surface area contributed by atoms with Gasteiger partial charge in [-0.05, 0) is 36.4 Å². The number of halogens is 1. The van der Waals surface area contributed by atoms with Gasteiger partial charge >= 0.3 is 0 Å². The maximum absolute atomic E-state index is 12.7. The number of anilines is 2. The summed E-state index contributed by atoms with van der Waals surface area (Å²) in [5, 5.41) is 3.38. The van der Waals surface area contributed by atoms with Crippen LogP contribution in [0.1, 0.15) is 10.4 Å². The van der Waals surface area contributed by atoms with Gasteiger partial charge in [-0.3, -0.25) is 9.59 Å². The highest BCUT2D eigenvalue weighted by Crippen LogP contribution is 2.20. The van der Waals surface area contributed by atoms with Gasteiger partial charge in [0.25, 0.3) is 11.8 Å². The van der Waals surface area contributed by atoms with E-state index < -0.39 is 0 Å².